The Morgan fingerprint density at radius 1 is 1.21 bits per heavy atom. The highest BCUT2D eigenvalue weighted by molar-refractivity contribution is 6.17. The molecular formula is C13H18ClNO4. The van der Waals surface area contributed by atoms with E-state index >= 15 is 0 Å². The van der Waals surface area contributed by atoms with Gasteiger partial charge < -0.3 is 19.9 Å². The van der Waals surface area contributed by atoms with E-state index in [1.807, 2.05) is 24.3 Å². The average Bonchev–Trinajstić information content (AvgIpc) is 2.39. The van der Waals surface area contributed by atoms with Gasteiger partial charge >= 0.3 is 6.09 Å². The molecule has 0 aromatic heterocycles. The second kappa shape index (κ2) is 9.47. The van der Waals surface area contributed by atoms with E-state index in [4.69, 9.17) is 26.2 Å². The first-order valence-corrected chi connectivity index (χ1v) is 6.58. The van der Waals surface area contributed by atoms with E-state index in [1.54, 1.807) is 0 Å². The first-order chi connectivity index (χ1) is 9.22. The molecule has 0 unspecified atom stereocenters. The lowest BCUT2D eigenvalue weighted by Crippen LogP contribution is -2.25. The number of alkyl halides is 1. The zero-order chi connectivity index (χ0) is 13.9. The molecule has 0 saturated heterocycles. The summed E-state index contributed by atoms with van der Waals surface area (Å²) >= 11 is 5.65. The maximum atomic E-state index is 10.1. The Labute approximate surface area is 117 Å². The minimum atomic E-state index is -1.04. The lowest BCUT2D eigenvalue weighted by atomic mass is 10.2. The van der Waals surface area contributed by atoms with E-state index in [2.05, 4.69) is 5.32 Å². The first kappa shape index (κ1) is 15.6. The molecule has 1 amide bonds. The number of aryl methyl sites for hydroxylation is 1. The maximum Gasteiger partial charge on any atom is 0.404 e. The summed E-state index contributed by atoms with van der Waals surface area (Å²) < 4.78 is 10.7. The van der Waals surface area contributed by atoms with E-state index in [0.717, 1.165) is 12.2 Å². The molecule has 19 heavy (non-hydrogen) atoms. The molecule has 1 aromatic rings. The molecule has 0 heterocycles. The van der Waals surface area contributed by atoms with Crippen LogP contribution in [-0.4, -0.2) is 43.4 Å². The van der Waals surface area contributed by atoms with Crippen LogP contribution in [0.3, 0.4) is 0 Å². The number of amides is 1. The van der Waals surface area contributed by atoms with Crippen LogP contribution in [0.15, 0.2) is 24.3 Å². The molecule has 5 nitrogen and oxygen atoms in total. The fourth-order valence-electron chi connectivity index (χ4n) is 1.41. The predicted octanol–water partition coefficient (Wildman–Crippen LogP) is 2.13. The zero-order valence-corrected chi connectivity index (χ0v) is 11.4. The standard InChI is InChI=1S/C13H18ClNO4/c14-6-5-11-1-3-12(4-2-11)19-10-9-18-8-7-15-13(16)17/h1-4,15H,5-10H2,(H,16,17). The van der Waals surface area contributed by atoms with Crippen LogP contribution in [0.5, 0.6) is 5.75 Å². The fourth-order valence-corrected chi connectivity index (χ4v) is 1.63. The first-order valence-electron chi connectivity index (χ1n) is 6.04. The second-order valence-electron chi connectivity index (χ2n) is 3.78. The molecule has 106 valence electrons. The van der Waals surface area contributed by atoms with Gasteiger partial charge in [0.1, 0.15) is 12.4 Å². The maximum absolute atomic E-state index is 10.1. The molecule has 0 spiro atoms. The van der Waals surface area contributed by atoms with E-state index in [9.17, 15) is 4.79 Å². The lowest BCUT2D eigenvalue weighted by Gasteiger charge is -2.07. The molecule has 1 aromatic carbocycles. The molecule has 0 atom stereocenters. The Kier molecular flexibility index (Phi) is 7.77. The largest absolute Gasteiger partial charge is 0.491 e. The summed E-state index contributed by atoms with van der Waals surface area (Å²) in [6.07, 6.45) is -0.196. The van der Waals surface area contributed by atoms with Crippen LogP contribution < -0.4 is 10.1 Å². The molecule has 0 aliphatic heterocycles. The van der Waals surface area contributed by atoms with Gasteiger partial charge in [0.15, 0.2) is 0 Å². The van der Waals surface area contributed by atoms with Gasteiger partial charge in [-0.3, -0.25) is 0 Å². The summed E-state index contributed by atoms with van der Waals surface area (Å²) in [6.45, 7) is 1.47. The van der Waals surface area contributed by atoms with E-state index in [0.29, 0.717) is 25.7 Å². The second-order valence-corrected chi connectivity index (χ2v) is 4.15. The van der Waals surface area contributed by atoms with Gasteiger partial charge in [-0.2, -0.15) is 0 Å². The van der Waals surface area contributed by atoms with Crippen molar-refractivity contribution in [1.29, 1.82) is 0 Å². The van der Waals surface area contributed by atoms with Crippen molar-refractivity contribution in [2.24, 2.45) is 0 Å². The van der Waals surface area contributed by atoms with Gasteiger partial charge in [-0.1, -0.05) is 12.1 Å². The lowest BCUT2D eigenvalue weighted by molar-refractivity contribution is 0.101. The Hall–Kier alpha value is -1.46. The summed E-state index contributed by atoms with van der Waals surface area (Å²) in [6, 6.07) is 7.76. The third-order valence-electron chi connectivity index (χ3n) is 2.33. The Bertz CT molecular complexity index is 369. The number of halogens is 1. The van der Waals surface area contributed by atoms with Crippen molar-refractivity contribution >= 4 is 17.7 Å². The van der Waals surface area contributed by atoms with Crippen molar-refractivity contribution in [1.82, 2.24) is 5.32 Å². The summed E-state index contributed by atoms with van der Waals surface area (Å²) in [4.78, 5) is 10.1. The van der Waals surface area contributed by atoms with Gasteiger partial charge in [0.25, 0.3) is 0 Å². The SMILES string of the molecule is O=C(O)NCCOCCOc1ccc(CCCl)cc1. The van der Waals surface area contributed by atoms with Gasteiger partial charge in [0, 0.05) is 12.4 Å². The molecule has 0 aliphatic rings. The fraction of sp³-hybridized carbons (Fsp3) is 0.462. The summed E-state index contributed by atoms with van der Waals surface area (Å²) in [5, 5.41) is 10.5. The smallest absolute Gasteiger partial charge is 0.404 e. The third kappa shape index (κ3) is 7.54. The van der Waals surface area contributed by atoms with Crippen molar-refractivity contribution in [2.45, 2.75) is 6.42 Å². The number of carbonyl (C=O) groups is 1. The van der Waals surface area contributed by atoms with Gasteiger partial charge in [-0.15, -0.1) is 11.6 Å². The van der Waals surface area contributed by atoms with Crippen molar-refractivity contribution < 1.29 is 19.4 Å². The molecular weight excluding hydrogens is 270 g/mol. The Morgan fingerprint density at radius 2 is 1.95 bits per heavy atom. The Balaban J connectivity index is 2.07. The van der Waals surface area contributed by atoms with Crippen molar-refractivity contribution in [2.75, 3.05) is 32.2 Å². The van der Waals surface area contributed by atoms with E-state index < -0.39 is 6.09 Å². The number of ether oxygens (including phenoxy) is 2. The third-order valence-corrected chi connectivity index (χ3v) is 2.51. The molecule has 6 heteroatoms. The summed E-state index contributed by atoms with van der Waals surface area (Å²) in [5.74, 6) is 1.39. The minimum absolute atomic E-state index is 0.280. The van der Waals surface area contributed by atoms with Gasteiger partial charge in [0.2, 0.25) is 0 Å². The number of benzene rings is 1. The van der Waals surface area contributed by atoms with Gasteiger partial charge in [-0.25, -0.2) is 4.79 Å². The van der Waals surface area contributed by atoms with Crippen LogP contribution in [0.4, 0.5) is 4.79 Å². The molecule has 0 aliphatic carbocycles. The van der Waals surface area contributed by atoms with Crippen molar-refractivity contribution in [3.8, 4) is 5.75 Å². The number of rotatable bonds is 9. The van der Waals surface area contributed by atoms with Crippen LogP contribution >= 0.6 is 11.6 Å². The molecule has 0 radical (unpaired) electrons. The molecule has 0 saturated carbocycles. The molecule has 1 rings (SSSR count). The van der Waals surface area contributed by atoms with Crippen LogP contribution in [0, 0.1) is 0 Å². The molecule has 0 bridgehead atoms. The highest BCUT2D eigenvalue weighted by Gasteiger charge is 1.96. The van der Waals surface area contributed by atoms with Crippen molar-refractivity contribution in [3.63, 3.8) is 0 Å². The van der Waals surface area contributed by atoms with Gasteiger partial charge in [-0.05, 0) is 24.1 Å². The zero-order valence-electron chi connectivity index (χ0n) is 10.6. The van der Waals surface area contributed by atoms with Crippen LogP contribution in [0.25, 0.3) is 0 Å². The molecule has 2 N–H and O–H groups in total. The number of hydrogen-bond donors (Lipinski definition) is 2. The molecule has 0 fully saturated rings. The van der Waals surface area contributed by atoms with E-state index in [1.165, 1.54) is 5.56 Å². The van der Waals surface area contributed by atoms with Crippen LogP contribution in [-0.2, 0) is 11.2 Å². The van der Waals surface area contributed by atoms with Crippen molar-refractivity contribution in [3.05, 3.63) is 29.8 Å². The number of nitrogens with one attached hydrogen (secondary N) is 1. The highest BCUT2D eigenvalue weighted by Crippen LogP contribution is 2.12. The summed E-state index contributed by atoms with van der Waals surface area (Å²) in [7, 11) is 0. The Morgan fingerprint density at radius 3 is 2.58 bits per heavy atom. The number of hydrogen-bond acceptors (Lipinski definition) is 3. The topological polar surface area (TPSA) is 67.8 Å². The monoisotopic (exact) mass is 287 g/mol. The van der Waals surface area contributed by atoms with Gasteiger partial charge in [0.05, 0.1) is 13.2 Å². The number of carboxylic acid groups (broad SMARTS) is 1. The average molecular weight is 288 g/mol. The quantitative estimate of drug-likeness (QED) is 0.539. The normalized spacial score (nSPS) is 10.2. The van der Waals surface area contributed by atoms with Crippen LogP contribution in [0.2, 0.25) is 0 Å². The predicted molar refractivity (Wildman–Crippen MR) is 73.2 cm³/mol. The van der Waals surface area contributed by atoms with Crippen LogP contribution in [0.1, 0.15) is 5.56 Å². The summed E-state index contributed by atoms with van der Waals surface area (Å²) in [5.41, 5.74) is 1.18. The highest BCUT2D eigenvalue weighted by atomic mass is 35.5. The van der Waals surface area contributed by atoms with E-state index in [-0.39, 0.29) is 6.54 Å². The minimum Gasteiger partial charge on any atom is -0.491 e.